The number of hydrogen-bond donors (Lipinski definition) is 2. The lowest BCUT2D eigenvalue weighted by atomic mass is 10.1. The van der Waals surface area contributed by atoms with Crippen LogP contribution in [-0.4, -0.2) is 26.3 Å². The van der Waals surface area contributed by atoms with Gasteiger partial charge in [-0.3, -0.25) is 0 Å². The van der Waals surface area contributed by atoms with Gasteiger partial charge < -0.3 is 20.5 Å². The molecule has 1 heterocycles. The first kappa shape index (κ1) is 13.2. The van der Waals surface area contributed by atoms with Crippen LogP contribution in [-0.2, 0) is 0 Å². The van der Waals surface area contributed by atoms with Gasteiger partial charge in [0.1, 0.15) is 13.2 Å². The quantitative estimate of drug-likeness (QED) is 0.835. The maximum absolute atomic E-state index is 5.83. The molecule has 0 aromatic heterocycles. The van der Waals surface area contributed by atoms with E-state index in [4.69, 9.17) is 15.2 Å². The second-order valence-corrected chi connectivity index (χ2v) is 4.99. The Kier molecular flexibility index (Phi) is 4.44. The number of nitrogens with two attached hydrogens (primary N) is 1. The minimum absolute atomic E-state index is 0.170. The van der Waals surface area contributed by atoms with Gasteiger partial charge in [-0.25, -0.2) is 0 Å². The number of benzene rings is 1. The van der Waals surface area contributed by atoms with Gasteiger partial charge in [-0.1, -0.05) is 19.9 Å². The summed E-state index contributed by atoms with van der Waals surface area (Å²) in [6.45, 7) is 7.14. The summed E-state index contributed by atoms with van der Waals surface area (Å²) >= 11 is 0. The summed E-state index contributed by atoms with van der Waals surface area (Å²) in [6.07, 6.45) is 0. The molecule has 1 aliphatic rings. The van der Waals surface area contributed by atoms with E-state index in [0.717, 1.165) is 23.6 Å². The van der Waals surface area contributed by atoms with Gasteiger partial charge >= 0.3 is 0 Å². The van der Waals surface area contributed by atoms with Crippen LogP contribution in [0.1, 0.15) is 25.5 Å². The van der Waals surface area contributed by atoms with Crippen LogP contribution in [0.5, 0.6) is 11.5 Å². The number of rotatable bonds is 5. The summed E-state index contributed by atoms with van der Waals surface area (Å²) in [7, 11) is 0. The van der Waals surface area contributed by atoms with Gasteiger partial charge in [0, 0.05) is 12.6 Å². The van der Waals surface area contributed by atoms with Crippen LogP contribution in [0.15, 0.2) is 18.2 Å². The first-order valence-corrected chi connectivity index (χ1v) is 6.53. The van der Waals surface area contributed by atoms with Crippen LogP contribution < -0.4 is 20.5 Å². The van der Waals surface area contributed by atoms with Crippen molar-refractivity contribution in [2.45, 2.75) is 19.9 Å². The molecule has 1 unspecified atom stereocenters. The molecule has 2 rings (SSSR count). The topological polar surface area (TPSA) is 56.5 Å². The van der Waals surface area contributed by atoms with Crippen molar-refractivity contribution in [3.8, 4) is 11.5 Å². The highest BCUT2D eigenvalue weighted by Crippen LogP contribution is 2.32. The van der Waals surface area contributed by atoms with E-state index < -0.39 is 0 Å². The van der Waals surface area contributed by atoms with Gasteiger partial charge in [0.2, 0.25) is 0 Å². The predicted octanol–water partition coefficient (Wildman–Crippen LogP) is 1.70. The highest BCUT2D eigenvalue weighted by atomic mass is 16.6. The molecule has 0 spiro atoms. The summed E-state index contributed by atoms with van der Waals surface area (Å²) in [5.74, 6) is 2.25. The smallest absolute Gasteiger partial charge is 0.161 e. The fourth-order valence-corrected chi connectivity index (χ4v) is 1.99. The van der Waals surface area contributed by atoms with Crippen molar-refractivity contribution in [3.63, 3.8) is 0 Å². The first-order chi connectivity index (χ1) is 8.70. The molecule has 1 aliphatic heterocycles. The van der Waals surface area contributed by atoms with E-state index >= 15 is 0 Å². The van der Waals surface area contributed by atoms with E-state index in [-0.39, 0.29) is 6.04 Å². The third kappa shape index (κ3) is 3.15. The molecule has 0 amide bonds. The molecule has 18 heavy (non-hydrogen) atoms. The van der Waals surface area contributed by atoms with Crippen LogP contribution >= 0.6 is 0 Å². The second kappa shape index (κ2) is 6.07. The third-order valence-electron chi connectivity index (χ3n) is 2.98. The molecule has 1 aromatic rings. The molecule has 4 nitrogen and oxygen atoms in total. The standard InChI is InChI=1S/C14H22N2O2/c1-10(2)9-16-12(8-15)11-3-4-13-14(7-11)18-6-5-17-13/h3-4,7,10,12,16H,5-6,8-9,15H2,1-2H3. The van der Waals surface area contributed by atoms with Gasteiger partial charge in [0.05, 0.1) is 0 Å². The number of hydrogen-bond acceptors (Lipinski definition) is 4. The van der Waals surface area contributed by atoms with Crippen LogP contribution in [0.3, 0.4) is 0 Å². The molecule has 0 bridgehead atoms. The number of nitrogens with one attached hydrogen (secondary N) is 1. The van der Waals surface area contributed by atoms with Gasteiger partial charge in [-0.05, 0) is 30.2 Å². The molecule has 0 aliphatic carbocycles. The number of ether oxygens (including phenoxy) is 2. The fourth-order valence-electron chi connectivity index (χ4n) is 1.99. The van der Waals surface area contributed by atoms with Crippen molar-refractivity contribution in [1.29, 1.82) is 0 Å². The lowest BCUT2D eigenvalue weighted by Gasteiger charge is -2.22. The Bertz CT molecular complexity index is 393. The minimum atomic E-state index is 0.170. The highest BCUT2D eigenvalue weighted by molar-refractivity contribution is 5.44. The Morgan fingerprint density at radius 1 is 1.22 bits per heavy atom. The minimum Gasteiger partial charge on any atom is -0.486 e. The van der Waals surface area contributed by atoms with Crippen molar-refractivity contribution >= 4 is 0 Å². The van der Waals surface area contributed by atoms with E-state index in [0.29, 0.717) is 25.7 Å². The van der Waals surface area contributed by atoms with Gasteiger partial charge in [0.15, 0.2) is 11.5 Å². The lowest BCUT2D eigenvalue weighted by Crippen LogP contribution is -2.31. The van der Waals surface area contributed by atoms with Gasteiger partial charge in [0.25, 0.3) is 0 Å². The second-order valence-electron chi connectivity index (χ2n) is 4.99. The maximum atomic E-state index is 5.83. The van der Waals surface area contributed by atoms with E-state index in [1.54, 1.807) is 0 Å². The summed E-state index contributed by atoms with van der Waals surface area (Å²) < 4.78 is 11.1. The molecule has 0 fully saturated rings. The molecule has 1 aromatic carbocycles. The lowest BCUT2D eigenvalue weighted by molar-refractivity contribution is 0.171. The average molecular weight is 250 g/mol. The van der Waals surface area contributed by atoms with Crippen molar-refractivity contribution in [2.75, 3.05) is 26.3 Å². The molecular formula is C14H22N2O2. The Labute approximate surface area is 108 Å². The van der Waals surface area contributed by atoms with Gasteiger partial charge in [-0.2, -0.15) is 0 Å². The van der Waals surface area contributed by atoms with Crippen LogP contribution in [0.4, 0.5) is 0 Å². The molecule has 0 saturated heterocycles. The van der Waals surface area contributed by atoms with E-state index in [2.05, 4.69) is 25.2 Å². The Morgan fingerprint density at radius 2 is 1.94 bits per heavy atom. The molecule has 100 valence electrons. The van der Waals surface area contributed by atoms with Crippen molar-refractivity contribution in [3.05, 3.63) is 23.8 Å². The van der Waals surface area contributed by atoms with E-state index in [9.17, 15) is 0 Å². The SMILES string of the molecule is CC(C)CNC(CN)c1ccc2c(c1)OCCO2. The van der Waals surface area contributed by atoms with Gasteiger partial charge in [-0.15, -0.1) is 0 Å². The monoisotopic (exact) mass is 250 g/mol. The van der Waals surface area contributed by atoms with Crippen molar-refractivity contribution < 1.29 is 9.47 Å². The fraction of sp³-hybridized carbons (Fsp3) is 0.571. The molecular weight excluding hydrogens is 228 g/mol. The first-order valence-electron chi connectivity index (χ1n) is 6.53. The largest absolute Gasteiger partial charge is 0.486 e. The van der Waals surface area contributed by atoms with Crippen LogP contribution in [0, 0.1) is 5.92 Å². The van der Waals surface area contributed by atoms with E-state index in [1.807, 2.05) is 12.1 Å². The Balaban J connectivity index is 2.10. The summed E-state index contributed by atoms with van der Waals surface area (Å²) in [4.78, 5) is 0. The molecule has 0 saturated carbocycles. The highest BCUT2D eigenvalue weighted by Gasteiger charge is 2.16. The normalized spacial score (nSPS) is 15.8. The maximum Gasteiger partial charge on any atom is 0.161 e. The van der Waals surface area contributed by atoms with Crippen molar-refractivity contribution in [1.82, 2.24) is 5.32 Å². The summed E-state index contributed by atoms with van der Waals surface area (Å²) in [5.41, 5.74) is 6.99. The van der Waals surface area contributed by atoms with Crippen LogP contribution in [0.25, 0.3) is 0 Å². The Hall–Kier alpha value is -1.26. The average Bonchev–Trinajstić information content (AvgIpc) is 2.39. The predicted molar refractivity (Wildman–Crippen MR) is 72.1 cm³/mol. The zero-order valence-electron chi connectivity index (χ0n) is 11.1. The third-order valence-corrected chi connectivity index (χ3v) is 2.98. The van der Waals surface area contributed by atoms with E-state index in [1.165, 1.54) is 0 Å². The Morgan fingerprint density at radius 3 is 2.61 bits per heavy atom. The molecule has 3 N–H and O–H groups in total. The zero-order chi connectivity index (χ0) is 13.0. The molecule has 4 heteroatoms. The van der Waals surface area contributed by atoms with Crippen LogP contribution in [0.2, 0.25) is 0 Å². The molecule has 1 atom stereocenters. The molecule has 0 radical (unpaired) electrons. The zero-order valence-corrected chi connectivity index (χ0v) is 11.1. The van der Waals surface area contributed by atoms with Crippen molar-refractivity contribution in [2.24, 2.45) is 11.7 Å². The summed E-state index contributed by atoms with van der Waals surface area (Å²) in [5, 5.41) is 3.47. The number of fused-ring (bicyclic) bond motifs is 1. The summed E-state index contributed by atoms with van der Waals surface area (Å²) in [6, 6.07) is 6.21.